The van der Waals surface area contributed by atoms with E-state index < -0.39 is 0 Å². The molecule has 1 fully saturated rings. The zero-order valence-electron chi connectivity index (χ0n) is 13.1. The smallest absolute Gasteiger partial charge is 0.0798 e. The van der Waals surface area contributed by atoms with Crippen LogP contribution >= 0.6 is 0 Å². The Bertz CT molecular complexity index is 385. The molecule has 20 heavy (non-hydrogen) atoms. The summed E-state index contributed by atoms with van der Waals surface area (Å²) in [6, 6.07) is 0.248. The summed E-state index contributed by atoms with van der Waals surface area (Å²) in [4.78, 5) is 0. The predicted molar refractivity (Wildman–Crippen MR) is 81.7 cm³/mol. The minimum Gasteiger partial charge on any atom is -0.376 e. The van der Waals surface area contributed by atoms with Gasteiger partial charge in [0.1, 0.15) is 0 Å². The molecule has 0 bridgehead atoms. The first-order valence-electron chi connectivity index (χ1n) is 8.11. The van der Waals surface area contributed by atoms with Crippen LogP contribution in [-0.2, 0) is 11.3 Å². The molecule has 4 heteroatoms. The summed E-state index contributed by atoms with van der Waals surface area (Å²) in [5.74, 6) is 0.672. The molecule has 2 unspecified atom stereocenters. The second-order valence-electron chi connectivity index (χ2n) is 5.71. The number of aromatic nitrogens is 2. The van der Waals surface area contributed by atoms with Crippen LogP contribution in [0.3, 0.4) is 0 Å². The third-order valence-corrected chi connectivity index (χ3v) is 4.45. The lowest BCUT2D eigenvalue weighted by Crippen LogP contribution is -2.38. The van der Waals surface area contributed by atoms with Crippen molar-refractivity contribution in [3.8, 4) is 0 Å². The van der Waals surface area contributed by atoms with Gasteiger partial charge in [-0.15, -0.1) is 0 Å². The van der Waals surface area contributed by atoms with Gasteiger partial charge >= 0.3 is 0 Å². The van der Waals surface area contributed by atoms with Crippen molar-refractivity contribution >= 4 is 0 Å². The number of likely N-dealkylation sites (N-methyl/N-ethyl adjacent to an activating group) is 1. The van der Waals surface area contributed by atoms with Gasteiger partial charge in [0.25, 0.3) is 0 Å². The summed E-state index contributed by atoms with van der Waals surface area (Å²) < 4.78 is 8.12. The van der Waals surface area contributed by atoms with E-state index in [4.69, 9.17) is 4.74 Å². The molecule has 0 radical (unpaired) electrons. The van der Waals surface area contributed by atoms with Gasteiger partial charge in [0, 0.05) is 24.9 Å². The summed E-state index contributed by atoms with van der Waals surface area (Å²) in [5, 5.41) is 7.87. The zero-order chi connectivity index (χ0) is 14.4. The highest BCUT2D eigenvalue weighted by atomic mass is 16.5. The maximum absolute atomic E-state index is 6.13. The average Bonchev–Trinajstić information content (AvgIpc) is 2.97. The number of aryl methyl sites for hydroxylation is 1. The summed E-state index contributed by atoms with van der Waals surface area (Å²) in [7, 11) is 2.03. The van der Waals surface area contributed by atoms with Gasteiger partial charge in [0.05, 0.1) is 18.3 Å². The Hall–Kier alpha value is -0.870. The Morgan fingerprint density at radius 3 is 2.65 bits per heavy atom. The lowest BCUT2D eigenvalue weighted by molar-refractivity contribution is -0.0167. The van der Waals surface area contributed by atoms with Crippen LogP contribution in [-0.4, -0.2) is 29.5 Å². The largest absolute Gasteiger partial charge is 0.376 e. The van der Waals surface area contributed by atoms with Crippen molar-refractivity contribution in [1.29, 1.82) is 0 Å². The van der Waals surface area contributed by atoms with E-state index in [9.17, 15) is 0 Å². The minimum atomic E-state index is 0.248. The molecule has 1 aliphatic carbocycles. The Morgan fingerprint density at radius 2 is 2.10 bits per heavy atom. The van der Waals surface area contributed by atoms with Gasteiger partial charge in [0.2, 0.25) is 0 Å². The minimum absolute atomic E-state index is 0.248. The van der Waals surface area contributed by atoms with Crippen molar-refractivity contribution in [3.05, 3.63) is 18.0 Å². The second-order valence-corrected chi connectivity index (χ2v) is 5.71. The van der Waals surface area contributed by atoms with Crippen molar-refractivity contribution in [2.24, 2.45) is 5.92 Å². The monoisotopic (exact) mass is 279 g/mol. The summed E-state index contributed by atoms with van der Waals surface area (Å²) in [6.07, 6.45) is 11.1. The molecular weight excluding hydrogens is 250 g/mol. The maximum Gasteiger partial charge on any atom is 0.0798 e. The van der Waals surface area contributed by atoms with Crippen molar-refractivity contribution in [2.45, 2.75) is 64.6 Å². The quantitative estimate of drug-likeness (QED) is 0.833. The molecule has 1 saturated carbocycles. The molecule has 0 saturated heterocycles. The van der Waals surface area contributed by atoms with Gasteiger partial charge in [-0.3, -0.25) is 4.68 Å². The van der Waals surface area contributed by atoms with E-state index in [2.05, 4.69) is 30.5 Å². The third-order valence-electron chi connectivity index (χ3n) is 4.45. The van der Waals surface area contributed by atoms with Crippen molar-refractivity contribution in [1.82, 2.24) is 15.1 Å². The topological polar surface area (TPSA) is 39.1 Å². The van der Waals surface area contributed by atoms with Crippen LogP contribution in [0.2, 0.25) is 0 Å². The molecule has 2 atom stereocenters. The summed E-state index contributed by atoms with van der Waals surface area (Å²) in [5.41, 5.74) is 1.25. The fourth-order valence-corrected chi connectivity index (χ4v) is 3.39. The Kier molecular flexibility index (Phi) is 6.05. The number of nitrogens with one attached hydrogen (secondary N) is 1. The van der Waals surface area contributed by atoms with E-state index in [0.717, 1.165) is 13.2 Å². The molecule has 0 spiro atoms. The SMILES string of the molecule is CCOC(C1CCCCC1)C(NC)c1cnn(CC)c1. The van der Waals surface area contributed by atoms with Crippen LogP contribution in [0.1, 0.15) is 57.6 Å². The third kappa shape index (κ3) is 3.61. The summed E-state index contributed by atoms with van der Waals surface area (Å²) >= 11 is 0. The van der Waals surface area contributed by atoms with Gasteiger partial charge in [-0.2, -0.15) is 5.10 Å². The number of hydrogen-bond donors (Lipinski definition) is 1. The molecule has 1 aromatic heterocycles. The first kappa shape index (κ1) is 15.5. The highest BCUT2D eigenvalue weighted by molar-refractivity contribution is 5.13. The van der Waals surface area contributed by atoms with Gasteiger partial charge in [0.15, 0.2) is 0 Å². The van der Waals surface area contributed by atoms with Gasteiger partial charge in [-0.05, 0) is 39.7 Å². The first-order valence-corrected chi connectivity index (χ1v) is 8.11. The Morgan fingerprint density at radius 1 is 1.35 bits per heavy atom. The van der Waals surface area contributed by atoms with Crippen LogP contribution in [0.15, 0.2) is 12.4 Å². The second kappa shape index (κ2) is 7.79. The molecule has 0 amide bonds. The average molecular weight is 279 g/mol. The fourth-order valence-electron chi connectivity index (χ4n) is 3.39. The van der Waals surface area contributed by atoms with E-state index in [1.54, 1.807) is 0 Å². The van der Waals surface area contributed by atoms with Gasteiger partial charge in [-0.1, -0.05) is 19.3 Å². The molecule has 1 N–H and O–H groups in total. The number of hydrogen-bond acceptors (Lipinski definition) is 3. The fraction of sp³-hybridized carbons (Fsp3) is 0.812. The molecular formula is C16H29N3O. The predicted octanol–water partition coefficient (Wildman–Crippen LogP) is 3.15. The van der Waals surface area contributed by atoms with Crippen LogP contribution in [0.4, 0.5) is 0 Å². The normalized spacial score (nSPS) is 19.9. The Labute approximate surface area is 122 Å². The highest BCUT2D eigenvalue weighted by Crippen LogP contribution is 2.34. The molecule has 1 aromatic rings. The van der Waals surface area contributed by atoms with Crippen LogP contribution in [0, 0.1) is 5.92 Å². The summed E-state index contributed by atoms with van der Waals surface area (Å²) in [6.45, 7) is 5.91. The van der Waals surface area contributed by atoms with Crippen LogP contribution < -0.4 is 5.32 Å². The maximum atomic E-state index is 6.13. The van der Waals surface area contributed by atoms with Crippen molar-refractivity contribution < 1.29 is 4.74 Å². The molecule has 0 aliphatic heterocycles. The van der Waals surface area contributed by atoms with E-state index in [-0.39, 0.29) is 12.1 Å². The molecule has 1 heterocycles. The molecule has 114 valence electrons. The van der Waals surface area contributed by atoms with Gasteiger partial charge in [-0.25, -0.2) is 0 Å². The van der Waals surface area contributed by atoms with Crippen molar-refractivity contribution in [2.75, 3.05) is 13.7 Å². The highest BCUT2D eigenvalue weighted by Gasteiger charge is 2.32. The molecule has 4 nitrogen and oxygen atoms in total. The van der Waals surface area contributed by atoms with E-state index in [1.807, 2.05) is 17.9 Å². The van der Waals surface area contributed by atoms with E-state index in [1.165, 1.54) is 37.7 Å². The lowest BCUT2D eigenvalue weighted by Gasteiger charge is -2.35. The molecule has 2 rings (SSSR count). The first-order chi connectivity index (χ1) is 9.80. The van der Waals surface area contributed by atoms with Crippen LogP contribution in [0.25, 0.3) is 0 Å². The lowest BCUT2D eigenvalue weighted by atomic mass is 9.81. The van der Waals surface area contributed by atoms with Crippen molar-refractivity contribution in [3.63, 3.8) is 0 Å². The molecule has 0 aromatic carbocycles. The Balaban J connectivity index is 2.14. The zero-order valence-corrected chi connectivity index (χ0v) is 13.1. The van der Waals surface area contributed by atoms with E-state index >= 15 is 0 Å². The standard InChI is InChI=1S/C16H29N3O/c1-4-19-12-14(11-18-19)15(17-3)16(20-5-2)13-9-7-6-8-10-13/h11-13,15-17H,4-10H2,1-3H3. The molecule has 1 aliphatic rings. The van der Waals surface area contributed by atoms with E-state index in [0.29, 0.717) is 5.92 Å². The number of nitrogens with zero attached hydrogens (tertiary/aromatic N) is 2. The number of rotatable bonds is 7. The van der Waals surface area contributed by atoms with Crippen LogP contribution in [0.5, 0.6) is 0 Å². The number of ether oxygens (including phenoxy) is 1. The van der Waals surface area contributed by atoms with Gasteiger partial charge < -0.3 is 10.1 Å².